The zero-order valence-electron chi connectivity index (χ0n) is 10.1. The smallest absolute Gasteiger partial charge is 0.384 e. The summed E-state index contributed by atoms with van der Waals surface area (Å²) in [6.45, 7) is 0. The highest BCUT2D eigenvalue weighted by Gasteiger charge is 2.30. The van der Waals surface area contributed by atoms with E-state index in [1.54, 1.807) is 24.4 Å². The number of alkyl halides is 3. The van der Waals surface area contributed by atoms with Crippen LogP contribution in [0, 0.1) is 0 Å². The van der Waals surface area contributed by atoms with Gasteiger partial charge in [0, 0.05) is 21.3 Å². The molecule has 102 valence electrons. The predicted octanol–water partition coefficient (Wildman–Crippen LogP) is 4.56. The van der Waals surface area contributed by atoms with E-state index in [2.05, 4.69) is 4.98 Å². The van der Waals surface area contributed by atoms with Gasteiger partial charge in [-0.05, 0) is 41.8 Å². The largest absolute Gasteiger partial charge is 0.416 e. The normalized spacial score (nSPS) is 11.9. The molecule has 0 aliphatic carbocycles. The zero-order chi connectivity index (χ0) is 14.3. The number of nitrogen functional groups attached to an aromatic ring is 1. The monoisotopic (exact) mass is 294 g/mol. The van der Waals surface area contributed by atoms with E-state index in [0.717, 1.165) is 21.2 Å². The molecule has 0 bridgehead atoms. The Kier molecular flexibility index (Phi) is 2.90. The van der Waals surface area contributed by atoms with Gasteiger partial charge in [-0.15, -0.1) is 11.3 Å². The van der Waals surface area contributed by atoms with Gasteiger partial charge in [0.1, 0.15) is 5.82 Å². The fourth-order valence-electron chi connectivity index (χ4n) is 1.91. The minimum atomic E-state index is -4.32. The molecule has 2 nitrogen and oxygen atoms in total. The van der Waals surface area contributed by atoms with E-state index in [4.69, 9.17) is 5.73 Å². The molecule has 0 radical (unpaired) electrons. The molecule has 2 heterocycles. The third-order valence-corrected chi connectivity index (χ3v) is 4.08. The Hall–Kier alpha value is -2.08. The van der Waals surface area contributed by atoms with Crippen molar-refractivity contribution >= 4 is 27.2 Å². The first kappa shape index (κ1) is 12.9. The van der Waals surface area contributed by atoms with Crippen molar-refractivity contribution in [3.8, 4) is 10.4 Å². The second-order valence-electron chi connectivity index (χ2n) is 4.33. The molecule has 2 aromatic heterocycles. The van der Waals surface area contributed by atoms with E-state index in [-0.39, 0.29) is 0 Å². The maximum absolute atomic E-state index is 12.7. The lowest BCUT2D eigenvalue weighted by Gasteiger charge is -2.05. The zero-order valence-corrected chi connectivity index (χ0v) is 10.9. The molecule has 1 aromatic carbocycles. The van der Waals surface area contributed by atoms with Crippen molar-refractivity contribution in [3.05, 3.63) is 48.2 Å². The summed E-state index contributed by atoms with van der Waals surface area (Å²) >= 11 is 1.43. The van der Waals surface area contributed by atoms with Gasteiger partial charge in [-0.3, -0.25) is 0 Å². The molecule has 3 rings (SSSR count). The van der Waals surface area contributed by atoms with Gasteiger partial charge >= 0.3 is 6.18 Å². The molecule has 0 saturated heterocycles. The third kappa shape index (κ3) is 2.34. The molecule has 3 aromatic rings. The van der Waals surface area contributed by atoms with Crippen LogP contribution in [0.5, 0.6) is 0 Å². The Morgan fingerprint density at radius 1 is 1.05 bits per heavy atom. The van der Waals surface area contributed by atoms with Gasteiger partial charge in [-0.2, -0.15) is 13.2 Å². The highest BCUT2D eigenvalue weighted by Crippen LogP contribution is 2.37. The first-order valence-corrected chi connectivity index (χ1v) is 6.58. The maximum atomic E-state index is 12.7. The highest BCUT2D eigenvalue weighted by molar-refractivity contribution is 7.22. The molecular weight excluding hydrogens is 285 g/mol. The van der Waals surface area contributed by atoms with Crippen LogP contribution in [0.2, 0.25) is 0 Å². The number of hydrogen-bond donors (Lipinski definition) is 1. The Bertz CT molecular complexity index is 760. The van der Waals surface area contributed by atoms with Crippen molar-refractivity contribution in [2.24, 2.45) is 0 Å². The van der Waals surface area contributed by atoms with E-state index >= 15 is 0 Å². The summed E-state index contributed by atoms with van der Waals surface area (Å²) in [6, 6.07) is 8.97. The molecule has 0 atom stereocenters. The summed E-state index contributed by atoms with van der Waals surface area (Å²) < 4.78 is 38.8. The molecule has 0 unspecified atom stereocenters. The van der Waals surface area contributed by atoms with E-state index in [9.17, 15) is 13.2 Å². The van der Waals surface area contributed by atoms with Crippen molar-refractivity contribution in [2.45, 2.75) is 6.18 Å². The second-order valence-corrected chi connectivity index (χ2v) is 5.42. The lowest BCUT2D eigenvalue weighted by atomic mass is 10.1. The minimum Gasteiger partial charge on any atom is -0.384 e. The molecule has 0 saturated carbocycles. The van der Waals surface area contributed by atoms with Crippen LogP contribution in [0.15, 0.2) is 42.6 Å². The number of hydrogen-bond acceptors (Lipinski definition) is 3. The van der Waals surface area contributed by atoms with Crippen LogP contribution in [0.3, 0.4) is 0 Å². The van der Waals surface area contributed by atoms with Crippen LogP contribution in [0.25, 0.3) is 20.5 Å². The third-order valence-electron chi connectivity index (χ3n) is 2.91. The van der Waals surface area contributed by atoms with Gasteiger partial charge in [-0.25, -0.2) is 4.98 Å². The minimum absolute atomic E-state index is 0.411. The Labute approximate surface area is 116 Å². The number of aromatic nitrogens is 1. The SMILES string of the molecule is Nc1ccc(-c2cc3cc(C(F)(F)F)ccc3s2)cn1. The van der Waals surface area contributed by atoms with Gasteiger partial charge in [0.15, 0.2) is 0 Å². The number of rotatable bonds is 1. The van der Waals surface area contributed by atoms with Gasteiger partial charge in [0.25, 0.3) is 0 Å². The van der Waals surface area contributed by atoms with Crippen molar-refractivity contribution in [3.63, 3.8) is 0 Å². The van der Waals surface area contributed by atoms with Crippen molar-refractivity contribution in [1.29, 1.82) is 0 Å². The number of benzene rings is 1. The quantitative estimate of drug-likeness (QED) is 0.714. The standard InChI is InChI=1S/C14H9F3N2S/c15-14(16,17)10-2-3-11-9(5-10)6-12(20-11)8-1-4-13(18)19-7-8/h1-7H,(H2,18,19). The average molecular weight is 294 g/mol. The predicted molar refractivity (Wildman–Crippen MR) is 74.5 cm³/mol. The van der Waals surface area contributed by atoms with Gasteiger partial charge in [0.05, 0.1) is 5.56 Å². The number of anilines is 1. The maximum Gasteiger partial charge on any atom is 0.416 e. The molecule has 0 aliphatic rings. The summed E-state index contributed by atoms with van der Waals surface area (Å²) in [5.74, 6) is 0.411. The van der Waals surface area contributed by atoms with E-state index in [1.165, 1.54) is 23.5 Å². The fourth-order valence-corrected chi connectivity index (χ4v) is 2.95. The summed E-state index contributed by atoms with van der Waals surface area (Å²) in [4.78, 5) is 4.85. The van der Waals surface area contributed by atoms with Gasteiger partial charge in [0.2, 0.25) is 0 Å². The summed E-state index contributed by atoms with van der Waals surface area (Å²) in [6.07, 6.45) is -2.70. The Morgan fingerprint density at radius 2 is 1.85 bits per heavy atom. The number of thiophene rings is 1. The van der Waals surface area contributed by atoms with Crippen molar-refractivity contribution in [2.75, 3.05) is 5.73 Å². The molecular formula is C14H9F3N2S. The molecule has 0 fully saturated rings. The number of halogens is 3. The topological polar surface area (TPSA) is 38.9 Å². The number of fused-ring (bicyclic) bond motifs is 1. The lowest BCUT2D eigenvalue weighted by molar-refractivity contribution is -0.137. The van der Waals surface area contributed by atoms with E-state index in [0.29, 0.717) is 11.2 Å². The molecule has 6 heteroatoms. The number of nitrogens with zero attached hydrogens (tertiary/aromatic N) is 1. The molecule has 20 heavy (non-hydrogen) atoms. The lowest BCUT2D eigenvalue weighted by Crippen LogP contribution is -2.03. The van der Waals surface area contributed by atoms with Crippen molar-refractivity contribution < 1.29 is 13.2 Å². The van der Waals surface area contributed by atoms with Gasteiger partial charge in [-0.1, -0.05) is 0 Å². The van der Waals surface area contributed by atoms with E-state index < -0.39 is 11.7 Å². The fraction of sp³-hybridized carbons (Fsp3) is 0.0714. The van der Waals surface area contributed by atoms with E-state index in [1.807, 2.05) is 0 Å². The summed E-state index contributed by atoms with van der Waals surface area (Å²) in [5.41, 5.74) is 5.72. The first-order valence-electron chi connectivity index (χ1n) is 5.76. The van der Waals surface area contributed by atoms with Crippen LogP contribution in [0.1, 0.15) is 5.56 Å². The van der Waals surface area contributed by atoms with Crippen LogP contribution in [-0.2, 0) is 6.18 Å². The number of nitrogens with two attached hydrogens (primary N) is 1. The molecule has 2 N–H and O–H groups in total. The molecule has 0 spiro atoms. The van der Waals surface area contributed by atoms with Crippen LogP contribution < -0.4 is 5.73 Å². The number of pyridine rings is 1. The van der Waals surface area contributed by atoms with Crippen LogP contribution in [-0.4, -0.2) is 4.98 Å². The first-order chi connectivity index (χ1) is 9.43. The molecule has 0 amide bonds. The summed E-state index contributed by atoms with van der Waals surface area (Å²) in [5, 5.41) is 0.580. The molecule has 0 aliphatic heterocycles. The van der Waals surface area contributed by atoms with Crippen molar-refractivity contribution in [1.82, 2.24) is 4.98 Å². The van der Waals surface area contributed by atoms with Crippen LogP contribution >= 0.6 is 11.3 Å². The van der Waals surface area contributed by atoms with Crippen LogP contribution in [0.4, 0.5) is 19.0 Å². The summed E-state index contributed by atoms with van der Waals surface area (Å²) in [7, 11) is 0. The second kappa shape index (κ2) is 4.49. The Morgan fingerprint density at radius 3 is 2.50 bits per heavy atom. The van der Waals surface area contributed by atoms with Gasteiger partial charge < -0.3 is 5.73 Å². The highest BCUT2D eigenvalue weighted by atomic mass is 32.1. The average Bonchev–Trinajstić information content (AvgIpc) is 2.81. The Balaban J connectivity index is 2.09.